The Balaban J connectivity index is 1.93. The lowest BCUT2D eigenvalue weighted by Gasteiger charge is -2.20. The third-order valence-corrected chi connectivity index (χ3v) is 3.42. The van der Waals surface area contributed by atoms with Gasteiger partial charge in [-0.1, -0.05) is 12.8 Å². The van der Waals surface area contributed by atoms with Crippen LogP contribution in [0.2, 0.25) is 0 Å². The molecule has 1 amide bonds. The Morgan fingerprint density at radius 2 is 1.91 bits per heavy atom. The number of amides is 1. The Hall–Kier alpha value is -1.79. The van der Waals surface area contributed by atoms with E-state index in [1.54, 1.807) is 6.92 Å². The minimum absolute atomic E-state index is 0.386. The van der Waals surface area contributed by atoms with E-state index in [0.29, 0.717) is 11.8 Å². The second-order valence-electron chi connectivity index (χ2n) is 6.70. The number of anilines is 1. The van der Waals surface area contributed by atoms with Crippen LogP contribution in [0.4, 0.5) is 10.7 Å². The third kappa shape index (κ3) is 4.89. The van der Waals surface area contributed by atoms with E-state index in [1.165, 1.54) is 12.8 Å². The van der Waals surface area contributed by atoms with Crippen molar-refractivity contribution in [2.24, 2.45) is 0 Å². The summed E-state index contributed by atoms with van der Waals surface area (Å²) in [7, 11) is 0. The van der Waals surface area contributed by atoms with Gasteiger partial charge in [0.05, 0.1) is 0 Å². The van der Waals surface area contributed by atoms with Crippen molar-refractivity contribution < 1.29 is 14.1 Å². The Kier molecular flexibility index (Phi) is 5.26. The molecular formula is C15H26N4O3. The molecule has 0 bridgehead atoms. The third-order valence-electron chi connectivity index (χ3n) is 3.42. The van der Waals surface area contributed by atoms with E-state index in [1.807, 2.05) is 20.8 Å². The van der Waals surface area contributed by atoms with Crippen LogP contribution in [0, 0.1) is 0 Å². The lowest BCUT2D eigenvalue weighted by atomic mass is 10.2. The molecular weight excluding hydrogens is 284 g/mol. The summed E-state index contributed by atoms with van der Waals surface area (Å²) in [6.45, 7) is 9.16. The molecule has 0 saturated carbocycles. The Morgan fingerprint density at radius 1 is 1.27 bits per heavy atom. The lowest BCUT2D eigenvalue weighted by molar-refractivity contribution is 0.0499. The summed E-state index contributed by atoms with van der Waals surface area (Å²) in [4.78, 5) is 18.3. The number of alkyl carbamates (subject to hydrolysis) is 1. The summed E-state index contributed by atoms with van der Waals surface area (Å²) >= 11 is 0. The van der Waals surface area contributed by atoms with Gasteiger partial charge in [0.2, 0.25) is 0 Å². The molecule has 124 valence electrons. The molecule has 0 radical (unpaired) electrons. The molecule has 7 nitrogen and oxygen atoms in total. The van der Waals surface area contributed by atoms with Gasteiger partial charge in [-0.25, -0.2) is 4.79 Å². The maximum atomic E-state index is 11.8. The largest absolute Gasteiger partial charge is 0.444 e. The van der Waals surface area contributed by atoms with Crippen LogP contribution in [0.1, 0.15) is 65.3 Å². The number of carbonyl (C=O) groups excluding carboxylic acids is 1. The highest BCUT2D eigenvalue weighted by atomic mass is 16.6. The highest BCUT2D eigenvalue weighted by Crippen LogP contribution is 2.19. The molecule has 0 unspecified atom stereocenters. The molecule has 0 aromatic carbocycles. The van der Waals surface area contributed by atoms with Crippen molar-refractivity contribution in [3.8, 4) is 0 Å². The smallest absolute Gasteiger partial charge is 0.408 e. The van der Waals surface area contributed by atoms with Crippen LogP contribution in [-0.2, 0) is 4.74 Å². The van der Waals surface area contributed by atoms with Gasteiger partial charge < -0.3 is 19.5 Å². The molecule has 7 heteroatoms. The monoisotopic (exact) mass is 310 g/mol. The number of rotatable bonds is 3. The second-order valence-corrected chi connectivity index (χ2v) is 6.70. The molecule has 2 rings (SSSR count). The lowest BCUT2D eigenvalue weighted by Crippen LogP contribution is -2.34. The van der Waals surface area contributed by atoms with Crippen molar-refractivity contribution in [3.05, 3.63) is 5.89 Å². The predicted octanol–water partition coefficient (Wildman–Crippen LogP) is 3.04. The minimum Gasteiger partial charge on any atom is -0.444 e. The maximum absolute atomic E-state index is 11.8. The highest BCUT2D eigenvalue weighted by Gasteiger charge is 2.23. The molecule has 1 fully saturated rings. The first-order valence-electron chi connectivity index (χ1n) is 7.93. The normalized spacial score (nSPS) is 17.7. The number of hydrogen-bond donors (Lipinski definition) is 1. The molecule has 1 aromatic rings. The van der Waals surface area contributed by atoms with E-state index in [4.69, 9.17) is 9.26 Å². The zero-order valence-electron chi connectivity index (χ0n) is 13.9. The van der Waals surface area contributed by atoms with Gasteiger partial charge in [-0.2, -0.15) is 4.98 Å². The van der Waals surface area contributed by atoms with Crippen molar-refractivity contribution in [1.29, 1.82) is 0 Å². The van der Waals surface area contributed by atoms with Crippen molar-refractivity contribution in [2.75, 3.05) is 18.0 Å². The quantitative estimate of drug-likeness (QED) is 0.924. The topological polar surface area (TPSA) is 80.5 Å². The van der Waals surface area contributed by atoms with Gasteiger partial charge in [0.15, 0.2) is 0 Å². The van der Waals surface area contributed by atoms with Crippen LogP contribution >= 0.6 is 0 Å². The summed E-state index contributed by atoms with van der Waals surface area (Å²) in [5, 5.41) is 6.74. The summed E-state index contributed by atoms with van der Waals surface area (Å²) in [5.74, 6) is 1.000. The molecule has 0 aliphatic carbocycles. The molecule has 1 aromatic heterocycles. The number of nitrogens with one attached hydrogen (secondary N) is 1. The highest BCUT2D eigenvalue weighted by molar-refractivity contribution is 5.68. The molecule has 2 heterocycles. The van der Waals surface area contributed by atoms with E-state index in [-0.39, 0.29) is 6.04 Å². The SMILES string of the molecule is C[C@H](NC(=O)OC(C)(C)C)c1nc(N2CCCCCC2)no1. The van der Waals surface area contributed by atoms with Gasteiger partial charge in [0.1, 0.15) is 11.6 Å². The zero-order chi connectivity index (χ0) is 16.2. The number of aromatic nitrogens is 2. The van der Waals surface area contributed by atoms with Crippen molar-refractivity contribution in [2.45, 2.75) is 65.0 Å². The van der Waals surface area contributed by atoms with Crippen molar-refractivity contribution in [1.82, 2.24) is 15.5 Å². The number of hydrogen-bond acceptors (Lipinski definition) is 6. The van der Waals surface area contributed by atoms with Crippen LogP contribution in [0.5, 0.6) is 0 Å². The molecule has 22 heavy (non-hydrogen) atoms. The summed E-state index contributed by atoms with van der Waals surface area (Å²) < 4.78 is 10.5. The average molecular weight is 310 g/mol. The average Bonchev–Trinajstić information content (AvgIpc) is 2.73. The standard InChI is InChI=1S/C15H26N4O3/c1-11(16-14(20)21-15(2,3)4)12-17-13(18-22-12)19-9-7-5-6-8-10-19/h11H,5-10H2,1-4H3,(H,16,20)/t11-/m0/s1. The summed E-state index contributed by atoms with van der Waals surface area (Å²) in [5.41, 5.74) is -0.532. The molecule has 0 spiro atoms. The van der Waals surface area contributed by atoms with Gasteiger partial charge in [-0.15, -0.1) is 0 Å². The van der Waals surface area contributed by atoms with Crippen LogP contribution in [0.3, 0.4) is 0 Å². The van der Waals surface area contributed by atoms with Crippen LogP contribution in [0.15, 0.2) is 4.52 Å². The second kappa shape index (κ2) is 6.98. The number of nitrogens with zero attached hydrogens (tertiary/aromatic N) is 3. The minimum atomic E-state index is -0.532. The first kappa shape index (κ1) is 16.6. The fourth-order valence-electron chi connectivity index (χ4n) is 2.35. The first-order chi connectivity index (χ1) is 10.3. The van der Waals surface area contributed by atoms with E-state index in [9.17, 15) is 4.79 Å². The van der Waals surface area contributed by atoms with Crippen molar-refractivity contribution in [3.63, 3.8) is 0 Å². The van der Waals surface area contributed by atoms with Gasteiger partial charge in [-0.3, -0.25) is 0 Å². The predicted molar refractivity (Wildman–Crippen MR) is 82.8 cm³/mol. The van der Waals surface area contributed by atoms with E-state index in [2.05, 4.69) is 20.4 Å². The van der Waals surface area contributed by atoms with E-state index < -0.39 is 11.7 Å². The van der Waals surface area contributed by atoms with E-state index in [0.717, 1.165) is 25.9 Å². The molecule has 1 saturated heterocycles. The van der Waals surface area contributed by atoms with Gasteiger partial charge >= 0.3 is 6.09 Å². The Morgan fingerprint density at radius 3 is 2.50 bits per heavy atom. The molecule has 1 aliphatic rings. The zero-order valence-corrected chi connectivity index (χ0v) is 13.9. The van der Waals surface area contributed by atoms with Gasteiger partial charge in [-0.05, 0) is 45.7 Å². The maximum Gasteiger partial charge on any atom is 0.408 e. The van der Waals surface area contributed by atoms with Gasteiger partial charge in [0, 0.05) is 13.1 Å². The van der Waals surface area contributed by atoms with Crippen LogP contribution in [0.25, 0.3) is 0 Å². The molecule has 1 atom stereocenters. The van der Waals surface area contributed by atoms with Crippen LogP contribution in [-0.4, -0.2) is 34.9 Å². The Labute approximate surface area is 131 Å². The van der Waals surface area contributed by atoms with Crippen molar-refractivity contribution >= 4 is 12.0 Å². The number of carbonyl (C=O) groups is 1. The van der Waals surface area contributed by atoms with E-state index >= 15 is 0 Å². The first-order valence-corrected chi connectivity index (χ1v) is 7.93. The van der Waals surface area contributed by atoms with Gasteiger partial charge in [0.25, 0.3) is 11.8 Å². The Bertz CT molecular complexity index is 487. The summed E-state index contributed by atoms with van der Waals surface area (Å²) in [6, 6.07) is -0.386. The molecule has 1 aliphatic heterocycles. The molecule has 1 N–H and O–H groups in total. The number of ether oxygens (including phenoxy) is 1. The fourth-order valence-corrected chi connectivity index (χ4v) is 2.35. The fraction of sp³-hybridized carbons (Fsp3) is 0.800. The van der Waals surface area contributed by atoms with Crippen LogP contribution < -0.4 is 10.2 Å². The summed E-state index contributed by atoms with van der Waals surface area (Å²) in [6.07, 6.45) is 4.30.